The summed E-state index contributed by atoms with van der Waals surface area (Å²) in [6.07, 6.45) is 2.54. The highest BCUT2D eigenvalue weighted by molar-refractivity contribution is 7.98. The molecule has 0 spiro atoms. The second-order valence-corrected chi connectivity index (χ2v) is 5.22. The van der Waals surface area contributed by atoms with Gasteiger partial charge in [0.15, 0.2) is 11.9 Å². The molecule has 0 radical (unpaired) electrons. The van der Waals surface area contributed by atoms with Gasteiger partial charge in [-0.15, -0.1) is 11.8 Å². The van der Waals surface area contributed by atoms with Gasteiger partial charge in [0.25, 0.3) is 0 Å². The largest absolute Gasteiger partial charge is 0.497 e. The van der Waals surface area contributed by atoms with Crippen LogP contribution in [0.3, 0.4) is 0 Å². The lowest BCUT2D eigenvalue weighted by molar-refractivity contribution is -0.121. The Morgan fingerprint density at radius 3 is 1.95 bits per heavy atom. The van der Waals surface area contributed by atoms with Crippen molar-refractivity contribution in [3.05, 3.63) is 59.7 Å². The average Bonchev–Trinajstić information content (AvgIpc) is 2.54. The fraction of sp³-hybridized carbons (Fsp3) is 0.188. The first-order valence-electron chi connectivity index (χ1n) is 6.12. The summed E-state index contributed by atoms with van der Waals surface area (Å²) in [5.41, 5.74) is -0.566. The first kappa shape index (κ1) is 14.6. The summed E-state index contributed by atoms with van der Waals surface area (Å²) in [6.45, 7) is 0. The van der Waals surface area contributed by atoms with Crippen LogP contribution in [0, 0.1) is 0 Å². The highest BCUT2D eigenvalue weighted by atomic mass is 32.2. The number of rotatable bonds is 5. The molecule has 0 aromatic heterocycles. The Labute approximate surface area is 122 Å². The molecule has 2 aromatic rings. The van der Waals surface area contributed by atoms with Crippen molar-refractivity contribution in [2.75, 3.05) is 13.4 Å². The van der Waals surface area contributed by atoms with Gasteiger partial charge < -0.3 is 9.84 Å². The summed E-state index contributed by atoms with van der Waals surface area (Å²) < 4.78 is 5.08. The maximum Gasteiger partial charge on any atom is 0.170 e. The maximum absolute atomic E-state index is 11.5. The van der Waals surface area contributed by atoms with Crippen molar-refractivity contribution in [3.63, 3.8) is 0 Å². The first-order chi connectivity index (χ1) is 9.63. The number of hydrogen-bond acceptors (Lipinski definition) is 4. The normalized spacial score (nSPS) is 13.6. The Kier molecular flexibility index (Phi) is 4.47. The van der Waals surface area contributed by atoms with Crippen LogP contribution in [0.2, 0.25) is 0 Å². The minimum absolute atomic E-state index is 0.519. The first-order valence-corrected chi connectivity index (χ1v) is 7.34. The van der Waals surface area contributed by atoms with Gasteiger partial charge in [-0.2, -0.15) is 0 Å². The van der Waals surface area contributed by atoms with E-state index in [4.69, 9.17) is 4.74 Å². The highest BCUT2D eigenvalue weighted by Crippen LogP contribution is 2.30. The zero-order valence-electron chi connectivity index (χ0n) is 11.4. The van der Waals surface area contributed by atoms with Gasteiger partial charge in [-0.1, -0.05) is 24.3 Å². The molecule has 2 rings (SSSR count). The molecule has 2 aromatic carbocycles. The summed E-state index contributed by atoms with van der Waals surface area (Å²) in [6, 6.07) is 14.1. The van der Waals surface area contributed by atoms with Gasteiger partial charge >= 0.3 is 0 Å². The maximum atomic E-state index is 11.5. The summed E-state index contributed by atoms with van der Waals surface area (Å²) in [7, 11) is 1.57. The molecule has 1 unspecified atom stereocenters. The molecule has 20 heavy (non-hydrogen) atoms. The molecule has 1 atom stereocenters. The lowest BCUT2D eigenvalue weighted by Gasteiger charge is -2.23. The molecule has 0 aliphatic heterocycles. The molecular weight excluding hydrogens is 272 g/mol. The quantitative estimate of drug-likeness (QED) is 0.679. The van der Waals surface area contributed by atoms with Crippen molar-refractivity contribution in [1.29, 1.82) is 0 Å². The molecule has 104 valence electrons. The Bertz CT molecular complexity index is 528. The van der Waals surface area contributed by atoms with E-state index >= 15 is 0 Å². The topological polar surface area (TPSA) is 46.5 Å². The second-order valence-electron chi connectivity index (χ2n) is 4.34. The van der Waals surface area contributed by atoms with Crippen LogP contribution in [-0.2, 0) is 10.4 Å². The summed E-state index contributed by atoms with van der Waals surface area (Å²) in [5, 5.41) is 10.7. The Hall–Kier alpha value is -1.78. The molecule has 0 amide bonds. The van der Waals surface area contributed by atoms with E-state index in [1.54, 1.807) is 55.3 Å². The fourth-order valence-corrected chi connectivity index (χ4v) is 2.40. The fourth-order valence-electron chi connectivity index (χ4n) is 1.99. The van der Waals surface area contributed by atoms with Crippen LogP contribution in [0.4, 0.5) is 0 Å². The van der Waals surface area contributed by atoms with Crippen molar-refractivity contribution in [2.45, 2.75) is 10.5 Å². The third kappa shape index (κ3) is 2.71. The van der Waals surface area contributed by atoms with Crippen molar-refractivity contribution < 1.29 is 14.6 Å². The van der Waals surface area contributed by atoms with E-state index in [1.165, 1.54) is 0 Å². The number of ether oxygens (including phenoxy) is 1. The third-order valence-electron chi connectivity index (χ3n) is 3.23. The van der Waals surface area contributed by atoms with Gasteiger partial charge in [0.05, 0.1) is 7.11 Å². The van der Waals surface area contributed by atoms with E-state index in [0.29, 0.717) is 23.2 Å². The summed E-state index contributed by atoms with van der Waals surface area (Å²) >= 11 is 1.61. The van der Waals surface area contributed by atoms with Crippen LogP contribution in [-0.4, -0.2) is 24.8 Å². The average molecular weight is 288 g/mol. The Morgan fingerprint density at radius 2 is 1.55 bits per heavy atom. The van der Waals surface area contributed by atoms with E-state index in [-0.39, 0.29) is 0 Å². The van der Waals surface area contributed by atoms with Crippen LogP contribution in [0.15, 0.2) is 53.4 Å². The molecule has 4 heteroatoms. The number of aldehydes is 1. The van der Waals surface area contributed by atoms with Crippen LogP contribution < -0.4 is 4.74 Å². The molecule has 0 aliphatic carbocycles. The molecule has 3 nitrogen and oxygen atoms in total. The summed E-state index contributed by atoms with van der Waals surface area (Å²) in [5.74, 6) is 0.680. The van der Waals surface area contributed by atoms with Gasteiger partial charge in [-0.25, -0.2) is 0 Å². The molecule has 0 saturated carbocycles. The lowest BCUT2D eigenvalue weighted by atomic mass is 9.88. The predicted octanol–water partition coefficient (Wildman–Crippen LogP) is 2.85. The molecule has 0 saturated heterocycles. The van der Waals surface area contributed by atoms with Crippen LogP contribution in [0.1, 0.15) is 11.1 Å². The minimum atomic E-state index is -1.64. The summed E-state index contributed by atoms with van der Waals surface area (Å²) in [4.78, 5) is 12.5. The van der Waals surface area contributed by atoms with E-state index < -0.39 is 5.60 Å². The number of carbonyl (C=O) groups excluding carboxylic acids is 1. The Balaban J connectivity index is 2.42. The van der Waals surface area contributed by atoms with Gasteiger partial charge in [0.1, 0.15) is 5.75 Å². The zero-order valence-corrected chi connectivity index (χ0v) is 12.2. The van der Waals surface area contributed by atoms with Crippen molar-refractivity contribution in [3.8, 4) is 5.75 Å². The predicted molar refractivity (Wildman–Crippen MR) is 80.3 cm³/mol. The Morgan fingerprint density at radius 1 is 1.05 bits per heavy atom. The molecule has 0 aliphatic rings. The van der Waals surface area contributed by atoms with Gasteiger partial charge in [0, 0.05) is 4.90 Å². The molecule has 0 heterocycles. The van der Waals surface area contributed by atoms with Crippen molar-refractivity contribution >= 4 is 18.0 Å². The second kappa shape index (κ2) is 6.11. The van der Waals surface area contributed by atoms with E-state index in [1.807, 2.05) is 18.4 Å². The van der Waals surface area contributed by atoms with Gasteiger partial charge in [-0.05, 0) is 41.6 Å². The number of benzene rings is 2. The number of carbonyl (C=O) groups is 1. The number of methoxy groups -OCH3 is 1. The lowest BCUT2D eigenvalue weighted by Crippen LogP contribution is -2.28. The number of hydrogen-bond donors (Lipinski definition) is 1. The van der Waals surface area contributed by atoms with Crippen LogP contribution in [0.25, 0.3) is 0 Å². The van der Waals surface area contributed by atoms with Gasteiger partial charge in [-0.3, -0.25) is 4.79 Å². The van der Waals surface area contributed by atoms with Gasteiger partial charge in [0.2, 0.25) is 0 Å². The molecular formula is C16H16O3S. The third-order valence-corrected chi connectivity index (χ3v) is 3.97. The smallest absolute Gasteiger partial charge is 0.170 e. The van der Waals surface area contributed by atoms with Crippen LogP contribution in [0.5, 0.6) is 5.75 Å². The van der Waals surface area contributed by atoms with Crippen LogP contribution >= 0.6 is 11.8 Å². The SMILES string of the molecule is COc1ccc(C(O)(C=O)c2ccc(SC)cc2)cc1. The number of aliphatic hydroxyl groups is 1. The highest BCUT2D eigenvalue weighted by Gasteiger charge is 2.31. The zero-order chi connectivity index (χ0) is 14.6. The van der Waals surface area contributed by atoms with E-state index in [2.05, 4.69) is 0 Å². The molecule has 0 fully saturated rings. The van der Waals surface area contributed by atoms with E-state index in [0.717, 1.165) is 4.90 Å². The monoisotopic (exact) mass is 288 g/mol. The molecule has 1 N–H and O–H groups in total. The van der Waals surface area contributed by atoms with Crippen molar-refractivity contribution in [2.24, 2.45) is 0 Å². The standard InChI is InChI=1S/C16H16O3S/c1-19-14-7-3-12(4-8-14)16(18,11-17)13-5-9-15(20-2)10-6-13/h3-11,18H,1-2H3. The minimum Gasteiger partial charge on any atom is -0.497 e. The van der Waals surface area contributed by atoms with Crippen molar-refractivity contribution in [1.82, 2.24) is 0 Å². The van der Waals surface area contributed by atoms with E-state index in [9.17, 15) is 9.90 Å². The molecule has 0 bridgehead atoms. The number of thioether (sulfide) groups is 1.